The van der Waals surface area contributed by atoms with Gasteiger partial charge in [-0.25, -0.2) is 4.79 Å². The van der Waals surface area contributed by atoms with Gasteiger partial charge in [-0.1, -0.05) is 12.1 Å². The van der Waals surface area contributed by atoms with Gasteiger partial charge >= 0.3 is 12.6 Å². The highest BCUT2D eigenvalue weighted by molar-refractivity contribution is 5.86. The van der Waals surface area contributed by atoms with Gasteiger partial charge in [0.1, 0.15) is 5.75 Å². The van der Waals surface area contributed by atoms with Crippen molar-refractivity contribution < 1.29 is 28.2 Å². The van der Waals surface area contributed by atoms with Crippen LogP contribution in [0.4, 0.5) is 8.78 Å². The Labute approximate surface area is 154 Å². The summed E-state index contributed by atoms with van der Waals surface area (Å²) < 4.78 is 30.2. The predicted octanol–water partition coefficient (Wildman–Crippen LogP) is 2.59. The number of aromatic carboxylic acids is 1. The summed E-state index contributed by atoms with van der Waals surface area (Å²) in [4.78, 5) is 25.1. The molecule has 7 nitrogen and oxygen atoms in total. The van der Waals surface area contributed by atoms with Crippen LogP contribution in [0.1, 0.15) is 34.8 Å². The number of amides is 1. The summed E-state index contributed by atoms with van der Waals surface area (Å²) in [6, 6.07) is 6.09. The average Bonchev–Trinajstić information content (AvgIpc) is 3.13. The number of alkyl halides is 2. The number of nitrogens with zero attached hydrogens (tertiary/aromatic N) is 3. The van der Waals surface area contributed by atoms with E-state index in [1.54, 1.807) is 21.7 Å². The summed E-state index contributed by atoms with van der Waals surface area (Å²) in [5.74, 6) is -0.997. The Hall–Kier alpha value is -2.97. The van der Waals surface area contributed by atoms with Crippen LogP contribution in [0, 0.1) is 0 Å². The third kappa shape index (κ3) is 4.81. The fraction of sp³-hybridized carbons (Fsp3) is 0.389. The molecule has 0 spiro atoms. The SMILES string of the molecule is O=C(O)c1cnn(C2CCN(C(=O)Cc3ccc(OC(F)F)cc3)CC2)c1. The van der Waals surface area contributed by atoms with Crippen molar-refractivity contribution in [3.63, 3.8) is 0 Å². The Balaban J connectivity index is 1.51. The Kier molecular flexibility index (Phi) is 5.68. The van der Waals surface area contributed by atoms with Crippen LogP contribution in [-0.2, 0) is 11.2 Å². The molecule has 1 aromatic carbocycles. The lowest BCUT2D eigenvalue weighted by Crippen LogP contribution is -2.40. The van der Waals surface area contributed by atoms with Crippen LogP contribution in [0.3, 0.4) is 0 Å². The second-order valence-electron chi connectivity index (χ2n) is 6.33. The minimum Gasteiger partial charge on any atom is -0.478 e. The molecular weight excluding hydrogens is 360 g/mol. The van der Waals surface area contributed by atoms with E-state index < -0.39 is 12.6 Å². The molecule has 0 atom stereocenters. The molecule has 144 valence electrons. The van der Waals surface area contributed by atoms with Crippen LogP contribution >= 0.6 is 0 Å². The number of hydrogen-bond donors (Lipinski definition) is 1. The van der Waals surface area contributed by atoms with Crippen LogP contribution in [-0.4, -0.2) is 51.4 Å². The molecule has 2 heterocycles. The molecule has 1 aromatic heterocycles. The van der Waals surface area contributed by atoms with Crippen molar-refractivity contribution in [3.8, 4) is 5.75 Å². The van der Waals surface area contributed by atoms with Gasteiger partial charge < -0.3 is 14.7 Å². The topological polar surface area (TPSA) is 84.7 Å². The van der Waals surface area contributed by atoms with Crippen molar-refractivity contribution in [1.29, 1.82) is 0 Å². The first-order valence-electron chi connectivity index (χ1n) is 8.51. The fourth-order valence-electron chi connectivity index (χ4n) is 3.10. The Morgan fingerprint density at radius 3 is 2.44 bits per heavy atom. The van der Waals surface area contributed by atoms with Crippen LogP contribution < -0.4 is 4.74 Å². The van der Waals surface area contributed by atoms with E-state index in [4.69, 9.17) is 5.11 Å². The number of ether oxygens (including phenoxy) is 1. The first kappa shape index (κ1) is 18.8. The highest BCUT2D eigenvalue weighted by Gasteiger charge is 2.24. The molecule has 1 saturated heterocycles. The number of piperidine rings is 1. The zero-order chi connectivity index (χ0) is 19.4. The molecule has 1 fully saturated rings. The van der Waals surface area contributed by atoms with Crippen molar-refractivity contribution in [3.05, 3.63) is 47.8 Å². The van der Waals surface area contributed by atoms with Crippen molar-refractivity contribution in [2.45, 2.75) is 31.9 Å². The van der Waals surface area contributed by atoms with E-state index in [0.717, 1.165) is 5.56 Å². The van der Waals surface area contributed by atoms with E-state index in [1.807, 2.05) is 0 Å². The minimum absolute atomic E-state index is 0.0392. The van der Waals surface area contributed by atoms with E-state index in [1.165, 1.54) is 24.5 Å². The summed E-state index contributed by atoms with van der Waals surface area (Å²) >= 11 is 0. The van der Waals surface area contributed by atoms with Crippen LogP contribution in [0.2, 0.25) is 0 Å². The number of carboxylic acids is 1. The second kappa shape index (κ2) is 8.15. The molecule has 0 bridgehead atoms. The van der Waals surface area contributed by atoms with E-state index in [2.05, 4.69) is 9.84 Å². The normalized spacial score (nSPS) is 15.1. The van der Waals surface area contributed by atoms with Gasteiger partial charge in [-0.05, 0) is 30.5 Å². The number of carboxylic acid groups (broad SMARTS) is 1. The zero-order valence-corrected chi connectivity index (χ0v) is 14.4. The lowest BCUT2D eigenvalue weighted by molar-refractivity contribution is -0.131. The standard InChI is InChI=1S/C18H19F2N3O4/c19-18(20)27-15-3-1-12(2-4-15)9-16(24)22-7-5-14(6-8-22)23-11-13(10-21-23)17(25)26/h1-4,10-11,14,18H,5-9H2,(H,25,26). The Morgan fingerprint density at radius 1 is 1.22 bits per heavy atom. The maximum absolute atomic E-state index is 12.4. The number of hydrogen-bond acceptors (Lipinski definition) is 4. The number of rotatable bonds is 6. The number of halogens is 2. The quantitative estimate of drug-likeness (QED) is 0.834. The minimum atomic E-state index is -2.87. The summed E-state index contributed by atoms with van der Waals surface area (Å²) in [6.45, 7) is -1.77. The fourth-order valence-corrected chi connectivity index (χ4v) is 3.10. The number of benzene rings is 1. The van der Waals surface area contributed by atoms with Gasteiger partial charge in [0.15, 0.2) is 0 Å². The summed E-state index contributed by atoms with van der Waals surface area (Å²) in [7, 11) is 0. The third-order valence-corrected chi connectivity index (χ3v) is 4.54. The molecule has 1 aliphatic heterocycles. The molecule has 1 aliphatic rings. The van der Waals surface area contributed by atoms with Gasteiger partial charge in [0.2, 0.25) is 5.91 Å². The first-order valence-corrected chi connectivity index (χ1v) is 8.51. The maximum Gasteiger partial charge on any atom is 0.387 e. The largest absolute Gasteiger partial charge is 0.478 e. The molecule has 9 heteroatoms. The summed E-state index contributed by atoms with van der Waals surface area (Å²) in [5, 5.41) is 13.1. The van der Waals surface area contributed by atoms with E-state index >= 15 is 0 Å². The molecule has 2 aromatic rings. The Bertz CT molecular complexity index is 799. The highest BCUT2D eigenvalue weighted by atomic mass is 19.3. The smallest absolute Gasteiger partial charge is 0.387 e. The third-order valence-electron chi connectivity index (χ3n) is 4.54. The monoisotopic (exact) mass is 379 g/mol. The van der Waals surface area contributed by atoms with Crippen LogP contribution in [0.5, 0.6) is 5.75 Å². The lowest BCUT2D eigenvalue weighted by Gasteiger charge is -2.32. The van der Waals surface area contributed by atoms with Gasteiger partial charge in [0, 0.05) is 19.3 Å². The second-order valence-corrected chi connectivity index (χ2v) is 6.33. The highest BCUT2D eigenvalue weighted by Crippen LogP contribution is 2.23. The Morgan fingerprint density at radius 2 is 1.89 bits per heavy atom. The van der Waals surface area contributed by atoms with Crippen molar-refractivity contribution in [2.75, 3.05) is 13.1 Å². The molecule has 1 N–H and O–H groups in total. The zero-order valence-electron chi connectivity index (χ0n) is 14.4. The molecular formula is C18H19F2N3O4. The van der Waals surface area contributed by atoms with Crippen LogP contribution in [0.15, 0.2) is 36.7 Å². The summed E-state index contributed by atoms with van der Waals surface area (Å²) in [5.41, 5.74) is 0.870. The van der Waals surface area contributed by atoms with E-state index in [-0.39, 0.29) is 29.7 Å². The number of likely N-dealkylation sites (tertiary alicyclic amines) is 1. The van der Waals surface area contributed by atoms with Crippen molar-refractivity contribution in [1.82, 2.24) is 14.7 Å². The van der Waals surface area contributed by atoms with Gasteiger partial charge in [-0.15, -0.1) is 0 Å². The maximum atomic E-state index is 12.4. The number of carbonyl (C=O) groups is 2. The molecule has 0 unspecified atom stereocenters. The molecule has 0 radical (unpaired) electrons. The average molecular weight is 379 g/mol. The van der Waals surface area contributed by atoms with Crippen molar-refractivity contribution >= 4 is 11.9 Å². The van der Waals surface area contributed by atoms with Gasteiger partial charge in [-0.3, -0.25) is 9.48 Å². The number of aromatic nitrogens is 2. The number of carbonyl (C=O) groups excluding carboxylic acids is 1. The van der Waals surface area contributed by atoms with Crippen LogP contribution in [0.25, 0.3) is 0 Å². The van der Waals surface area contributed by atoms with Crippen molar-refractivity contribution in [2.24, 2.45) is 0 Å². The summed E-state index contributed by atoms with van der Waals surface area (Å²) in [6.07, 6.45) is 4.39. The van der Waals surface area contributed by atoms with Gasteiger partial charge in [0.25, 0.3) is 0 Å². The molecule has 0 saturated carbocycles. The molecule has 1 amide bonds. The predicted molar refractivity (Wildman–Crippen MR) is 90.8 cm³/mol. The van der Waals surface area contributed by atoms with Gasteiger partial charge in [0.05, 0.1) is 24.2 Å². The molecule has 27 heavy (non-hydrogen) atoms. The van der Waals surface area contributed by atoms with E-state index in [9.17, 15) is 18.4 Å². The lowest BCUT2D eigenvalue weighted by atomic mass is 10.0. The van der Waals surface area contributed by atoms with E-state index in [0.29, 0.717) is 25.9 Å². The molecule has 0 aliphatic carbocycles. The van der Waals surface area contributed by atoms with Gasteiger partial charge in [-0.2, -0.15) is 13.9 Å². The first-order chi connectivity index (χ1) is 12.9. The molecule has 3 rings (SSSR count).